The zero-order chi connectivity index (χ0) is 19.8. The van der Waals surface area contributed by atoms with E-state index in [4.69, 9.17) is 14.2 Å². The molecule has 1 saturated carbocycles. The SMILES string of the molecule is COc1cc(-c2cc(C)c(OC)c(C)c2)cc2c1OCCN(C(=O)C1CC1)C2. The van der Waals surface area contributed by atoms with Crippen LogP contribution in [-0.4, -0.2) is 38.2 Å². The van der Waals surface area contributed by atoms with Gasteiger partial charge in [0.15, 0.2) is 11.5 Å². The molecule has 0 bridgehead atoms. The van der Waals surface area contributed by atoms with E-state index in [9.17, 15) is 4.79 Å². The molecule has 2 aliphatic rings. The summed E-state index contributed by atoms with van der Waals surface area (Å²) in [6.45, 7) is 5.76. The summed E-state index contributed by atoms with van der Waals surface area (Å²) in [5.41, 5.74) is 5.32. The van der Waals surface area contributed by atoms with Gasteiger partial charge in [-0.3, -0.25) is 4.79 Å². The molecule has 1 aliphatic carbocycles. The number of carbonyl (C=O) groups excluding carboxylic acids is 1. The standard InChI is InChI=1S/C23H27NO4/c1-14-9-17(10-15(2)21(14)27-4)18-11-19-13-24(23(25)16-5-6-16)7-8-28-22(19)20(12-18)26-3/h9-12,16H,5-8,13H2,1-4H3. The minimum absolute atomic E-state index is 0.207. The molecule has 5 heteroatoms. The maximum atomic E-state index is 12.6. The predicted molar refractivity (Wildman–Crippen MR) is 108 cm³/mol. The van der Waals surface area contributed by atoms with Crippen LogP contribution in [0.15, 0.2) is 24.3 Å². The van der Waals surface area contributed by atoms with Gasteiger partial charge in [-0.15, -0.1) is 0 Å². The van der Waals surface area contributed by atoms with E-state index in [2.05, 4.69) is 32.0 Å². The molecule has 4 rings (SSSR count). The topological polar surface area (TPSA) is 48.0 Å². The molecule has 148 valence electrons. The highest BCUT2D eigenvalue weighted by Crippen LogP contribution is 2.40. The van der Waals surface area contributed by atoms with Gasteiger partial charge < -0.3 is 19.1 Å². The van der Waals surface area contributed by atoms with Gasteiger partial charge in [-0.1, -0.05) is 0 Å². The number of hydrogen-bond acceptors (Lipinski definition) is 4. The summed E-state index contributed by atoms with van der Waals surface area (Å²) < 4.78 is 17.1. The van der Waals surface area contributed by atoms with Crippen LogP contribution in [0.4, 0.5) is 0 Å². The van der Waals surface area contributed by atoms with Crippen LogP contribution in [0, 0.1) is 19.8 Å². The van der Waals surface area contributed by atoms with Gasteiger partial charge in [-0.25, -0.2) is 0 Å². The molecule has 1 heterocycles. The zero-order valence-electron chi connectivity index (χ0n) is 17.0. The van der Waals surface area contributed by atoms with Crippen molar-refractivity contribution < 1.29 is 19.0 Å². The Morgan fingerprint density at radius 2 is 1.71 bits per heavy atom. The van der Waals surface area contributed by atoms with Crippen molar-refractivity contribution in [2.24, 2.45) is 5.92 Å². The Hall–Kier alpha value is -2.69. The second-order valence-electron chi connectivity index (χ2n) is 7.69. The summed E-state index contributed by atoms with van der Waals surface area (Å²) >= 11 is 0. The average Bonchev–Trinajstić information content (AvgIpc) is 3.52. The molecule has 28 heavy (non-hydrogen) atoms. The highest BCUT2D eigenvalue weighted by Gasteiger charge is 2.34. The van der Waals surface area contributed by atoms with Gasteiger partial charge in [0.1, 0.15) is 12.4 Å². The van der Waals surface area contributed by atoms with E-state index in [0.29, 0.717) is 25.4 Å². The summed E-state index contributed by atoms with van der Waals surface area (Å²) in [4.78, 5) is 14.5. The lowest BCUT2D eigenvalue weighted by molar-refractivity contribution is -0.133. The van der Waals surface area contributed by atoms with E-state index >= 15 is 0 Å². The van der Waals surface area contributed by atoms with Gasteiger partial charge in [0.2, 0.25) is 5.91 Å². The van der Waals surface area contributed by atoms with E-state index in [1.807, 2.05) is 11.0 Å². The van der Waals surface area contributed by atoms with Crippen LogP contribution in [0.25, 0.3) is 11.1 Å². The third kappa shape index (κ3) is 3.41. The number of rotatable bonds is 4. The van der Waals surface area contributed by atoms with Crippen LogP contribution in [0.5, 0.6) is 17.2 Å². The molecule has 1 amide bonds. The van der Waals surface area contributed by atoms with Crippen molar-refractivity contribution in [2.45, 2.75) is 33.2 Å². The van der Waals surface area contributed by atoms with Crippen molar-refractivity contribution in [1.29, 1.82) is 0 Å². The summed E-state index contributed by atoms with van der Waals surface area (Å²) in [6, 6.07) is 8.38. The van der Waals surface area contributed by atoms with E-state index in [1.54, 1.807) is 14.2 Å². The molecule has 0 saturated heterocycles. The number of amides is 1. The molecule has 0 atom stereocenters. The number of benzene rings is 2. The third-order valence-electron chi connectivity index (χ3n) is 5.56. The van der Waals surface area contributed by atoms with E-state index in [0.717, 1.165) is 52.2 Å². The predicted octanol–water partition coefficient (Wildman–Crippen LogP) is 4.12. The van der Waals surface area contributed by atoms with Crippen molar-refractivity contribution >= 4 is 5.91 Å². The molecule has 1 fully saturated rings. The van der Waals surface area contributed by atoms with Crippen molar-refractivity contribution in [3.8, 4) is 28.4 Å². The normalized spacial score (nSPS) is 16.1. The lowest BCUT2D eigenvalue weighted by Crippen LogP contribution is -2.33. The van der Waals surface area contributed by atoms with Crippen LogP contribution < -0.4 is 14.2 Å². The fraction of sp³-hybridized carbons (Fsp3) is 0.435. The monoisotopic (exact) mass is 381 g/mol. The summed E-state index contributed by atoms with van der Waals surface area (Å²) in [7, 11) is 3.36. The van der Waals surface area contributed by atoms with Crippen LogP contribution in [-0.2, 0) is 11.3 Å². The zero-order valence-corrected chi connectivity index (χ0v) is 17.0. The first-order chi connectivity index (χ1) is 13.5. The Bertz CT molecular complexity index is 894. The van der Waals surface area contributed by atoms with E-state index < -0.39 is 0 Å². The first-order valence-electron chi connectivity index (χ1n) is 9.80. The minimum atomic E-state index is 0.207. The van der Waals surface area contributed by atoms with Crippen LogP contribution in [0.3, 0.4) is 0 Å². The Morgan fingerprint density at radius 1 is 1.04 bits per heavy atom. The number of fused-ring (bicyclic) bond motifs is 1. The summed E-state index contributed by atoms with van der Waals surface area (Å²) in [6.07, 6.45) is 2.02. The quantitative estimate of drug-likeness (QED) is 0.799. The largest absolute Gasteiger partial charge is 0.496 e. The van der Waals surface area contributed by atoms with Crippen LogP contribution in [0.2, 0.25) is 0 Å². The minimum Gasteiger partial charge on any atom is -0.496 e. The second-order valence-corrected chi connectivity index (χ2v) is 7.69. The number of carbonyl (C=O) groups is 1. The molecule has 5 nitrogen and oxygen atoms in total. The molecular formula is C23H27NO4. The number of nitrogens with zero attached hydrogens (tertiary/aromatic N) is 1. The van der Waals surface area contributed by atoms with Crippen molar-refractivity contribution in [2.75, 3.05) is 27.4 Å². The number of ether oxygens (including phenoxy) is 3. The first kappa shape index (κ1) is 18.7. The fourth-order valence-electron chi connectivity index (χ4n) is 4.02. The first-order valence-corrected chi connectivity index (χ1v) is 9.80. The number of methoxy groups -OCH3 is 2. The van der Waals surface area contributed by atoms with Gasteiger partial charge in [-0.05, 0) is 73.2 Å². The molecule has 0 aromatic heterocycles. The molecule has 0 unspecified atom stereocenters. The van der Waals surface area contributed by atoms with E-state index in [-0.39, 0.29) is 11.8 Å². The smallest absolute Gasteiger partial charge is 0.226 e. The lowest BCUT2D eigenvalue weighted by atomic mass is 9.97. The number of aryl methyl sites for hydroxylation is 2. The maximum Gasteiger partial charge on any atom is 0.226 e. The highest BCUT2D eigenvalue weighted by atomic mass is 16.5. The van der Waals surface area contributed by atoms with Gasteiger partial charge in [-0.2, -0.15) is 0 Å². The van der Waals surface area contributed by atoms with Gasteiger partial charge >= 0.3 is 0 Å². The Labute approximate surface area is 166 Å². The lowest BCUT2D eigenvalue weighted by Gasteiger charge is -2.20. The molecule has 0 radical (unpaired) electrons. The molecule has 1 aliphatic heterocycles. The Balaban J connectivity index is 1.75. The Kier molecular flexibility index (Phi) is 4.92. The maximum absolute atomic E-state index is 12.6. The molecule has 2 aromatic rings. The van der Waals surface area contributed by atoms with Crippen LogP contribution >= 0.6 is 0 Å². The van der Waals surface area contributed by atoms with E-state index in [1.165, 1.54) is 0 Å². The summed E-state index contributed by atoms with van der Waals surface area (Å²) in [5, 5.41) is 0. The molecule has 0 N–H and O–H groups in total. The molecular weight excluding hydrogens is 354 g/mol. The second kappa shape index (κ2) is 7.38. The molecule has 2 aromatic carbocycles. The van der Waals surface area contributed by atoms with Gasteiger partial charge in [0.05, 0.1) is 20.8 Å². The van der Waals surface area contributed by atoms with Crippen LogP contribution in [0.1, 0.15) is 29.5 Å². The summed E-state index contributed by atoms with van der Waals surface area (Å²) in [5.74, 6) is 2.82. The van der Waals surface area contributed by atoms with Gasteiger partial charge in [0, 0.05) is 18.0 Å². The molecule has 0 spiro atoms. The van der Waals surface area contributed by atoms with Crippen molar-refractivity contribution in [3.05, 3.63) is 41.0 Å². The van der Waals surface area contributed by atoms with Crippen molar-refractivity contribution in [1.82, 2.24) is 4.90 Å². The Morgan fingerprint density at radius 3 is 2.32 bits per heavy atom. The fourth-order valence-corrected chi connectivity index (χ4v) is 4.02. The number of hydrogen-bond donors (Lipinski definition) is 0. The third-order valence-corrected chi connectivity index (χ3v) is 5.56. The highest BCUT2D eigenvalue weighted by molar-refractivity contribution is 5.81. The average molecular weight is 381 g/mol. The van der Waals surface area contributed by atoms with Crippen molar-refractivity contribution in [3.63, 3.8) is 0 Å². The van der Waals surface area contributed by atoms with Gasteiger partial charge in [0.25, 0.3) is 0 Å².